The minimum Gasteiger partial charge on any atom is -0.380 e. The first-order chi connectivity index (χ1) is 14.1. The molecule has 29 heavy (non-hydrogen) atoms. The first kappa shape index (κ1) is 18.2. The smallest absolute Gasteiger partial charge is 0.267 e. The second-order valence-corrected chi connectivity index (χ2v) is 6.44. The lowest BCUT2D eigenvalue weighted by Crippen LogP contribution is -2.15. The molecule has 2 aromatic carbocycles. The Morgan fingerprint density at radius 2 is 1.93 bits per heavy atom. The SMILES string of the molecule is NC(=O)c1cc(CNc2ccccc2C(=O)Nc2ccc3cn[nH]c3c2)ccn1. The summed E-state index contributed by atoms with van der Waals surface area (Å²) in [7, 11) is 0. The predicted molar refractivity (Wildman–Crippen MR) is 111 cm³/mol. The number of fused-ring (bicyclic) bond motifs is 1. The average Bonchev–Trinajstić information content (AvgIpc) is 3.20. The second-order valence-electron chi connectivity index (χ2n) is 6.44. The summed E-state index contributed by atoms with van der Waals surface area (Å²) in [5.41, 5.74) is 8.99. The first-order valence-corrected chi connectivity index (χ1v) is 8.92. The van der Waals surface area contributed by atoms with Gasteiger partial charge in [0.15, 0.2) is 0 Å². The Kier molecular flexibility index (Phi) is 4.90. The third-order valence-electron chi connectivity index (χ3n) is 4.43. The molecule has 4 aromatic rings. The molecule has 2 aromatic heterocycles. The fourth-order valence-corrected chi connectivity index (χ4v) is 2.96. The van der Waals surface area contributed by atoms with Crippen LogP contribution in [0.1, 0.15) is 26.4 Å². The van der Waals surface area contributed by atoms with Crippen LogP contribution in [0.25, 0.3) is 10.9 Å². The van der Waals surface area contributed by atoms with E-state index in [2.05, 4.69) is 25.8 Å². The Hall–Kier alpha value is -4.20. The average molecular weight is 386 g/mol. The van der Waals surface area contributed by atoms with E-state index >= 15 is 0 Å². The summed E-state index contributed by atoms with van der Waals surface area (Å²) >= 11 is 0. The molecule has 0 atom stereocenters. The molecule has 2 heterocycles. The number of aromatic nitrogens is 3. The van der Waals surface area contributed by atoms with E-state index in [1.807, 2.05) is 30.3 Å². The molecule has 0 fully saturated rings. The Morgan fingerprint density at radius 1 is 1.07 bits per heavy atom. The van der Waals surface area contributed by atoms with Crippen molar-refractivity contribution in [2.24, 2.45) is 5.73 Å². The van der Waals surface area contributed by atoms with E-state index in [0.717, 1.165) is 16.5 Å². The zero-order chi connectivity index (χ0) is 20.2. The van der Waals surface area contributed by atoms with Gasteiger partial charge in [-0.25, -0.2) is 0 Å². The van der Waals surface area contributed by atoms with Crippen molar-refractivity contribution >= 4 is 34.1 Å². The monoisotopic (exact) mass is 386 g/mol. The summed E-state index contributed by atoms with van der Waals surface area (Å²) in [6, 6.07) is 16.2. The van der Waals surface area contributed by atoms with Crippen LogP contribution in [0.5, 0.6) is 0 Å². The fourth-order valence-electron chi connectivity index (χ4n) is 2.96. The van der Waals surface area contributed by atoms with Crippen LogP contribution in [-0.2, 0) is 6.54 Å². The number of amides is 2. The van der Waals surface area contributed by atoms with Gasteiger partial charge >= 0.3 is 0 Å². The molecule has 0 saturated heterocycles. The van der Waals surface area contributed by atoms with Gasteiger partial charge < -0.3 is 16.4 Å². The molecule has 8 heteroatoms. The largest absolute Gasteiger partial charge is 0.380 e. The Balaban J connectivity index is 1.50. The van der Waals surface area contributed by atoms with E-state index in [4.69, 9.17) is 5.73 Å². The van der Waals surface area contributed by atoms with Crippen molar-refractivity contribution in [2.75, 3.05) is 10.6 Å². The van der Waals surface area contributed by atoms with Crippen LogP contribution < -0.4 is 16.4 Å². The number of nitrogens with one attached hydrogen (secondary N) is 3. The Morgan fingerprint density at radius 3 is 2.79 bits per heavy atom. The highest BCUT2D eigenvalue weighted by Crippen LogP contribution is 2.21. The van der Waals surface area contributed by atoms with Gasteiger partial charge in [-0.3, -0.25) is 19.7 Å². The standard InChI is InChI=1S/C21H18N6O2/c22-20(28)19-9-13(7-8-23-19)11-24-17-4-2-1-3-16(17)21(29)26-15-6-5-14-12-25-27-18(14)10-15/h1-10,12,24H,11H2,(H2,22,28)(H,25,27)(H,26,29). The van der Waals surface area contributed by atoms with Crippen LogP contribution in [0.3, 0.4) is 0 Å². The molecule has 0 spiro atoms. The van der Waals surface area contributed by atoms with E-state index in [-0.39, 0.29) is 11.6 Å². The number of anilines is 2. The highest BCUT2D eigenvalue weighted by molar-refractivity contribution is 6.08. The van der Waals surface area contributed by atoms with Crippen LogP contribution in [0.4, 0.5) is 11.4 Å². The summed E-state index contributed by atoms with van der Waals surface area (Å²) in [5.74, 6) is -0.819. The number of rotatable bonds is 6. The molecule has 0 radical (unpaired) electrons. The van der Waals surface area contributed by atoms with Crippen molar-refractivity contribution in [3.8, 4) is 0 Å². The van der Waals surface area contributed by atoms with Crippen molar-refractivity contribution in [3.63, 3.8) is 0 Å². The molecule has 5 N–H and O–H groups in total. The number of nitrogens with two attached hydrogens (primary N) is 1. The van der Waals surface area contributed by atoms with Gasteiger partial charge in [-0.15, -0.1) is 0 Å². The number of aromatic amines is 1. The normalized spacial score (nSPS) is 10.6. The van der Waals surface area contributed by atoms with E-state index < -0.39 is 5.91 Å². The highest BCUT2D eigenvalue weighted by Gasteiger charge is 2.12. The van der Waals surface area contributed by atoms with Gasteiger partial charge in [-0.05, 0) is 48.0 Å². The lowest BCUT2D eigenvalue weighted by atomic mass is 10.1. The van der Waals surface area contributed by atoms with Gasteiger partial charge in [-0.1, -0.05) is 12.1 Å². The quantitative estimate of drug-likeness (QED) is 0.405. The number of para-hydroxylation sites is 1. The third kappa shape index (κ3) is 4.06. The second kappa shape index (κ2) is 7.81. The molecule has 0 aliphatic rings. The summed E-state index contributed by atoms with van der Waals surface area (Å²) in [4.78, 5) is 28.0. The van der Waals surface area contributed by atoms with Crippen LogP contribution in [0.15, 0.2) is 67.0 Å². The van der Waals surface area contributed by atoms with Crippen LogP contribution >= 0.6 is 0 Å². The van der Waals surface area contributed by atoms with Crippen LogP contribution in [0, 0.1) is 0 Å². The van der Waals surface area contributed by atoms with Crippen LogP contribution in [0.2, 0.25) is 0 Å². The third-order valence-corrected chi connectivity index (χ3v) is 4.43. The van der Waals surface area contributed by atoms with E-state index in [1.54, 1.807) is 30.5 Å². The Labute approximate surface area is 166 Å². The fraction of sp³-hybridized carbons (Fsp3) is 0.0476. The first-order valence-electron chi connectivity index (χ1n) is 8.92. The molecule has 2 amide bonds. The number of nitrogens with zero attached hydrogens (tertiary/aromatic N) is 2. The Bertz CT molecular complexity index is 1200. The van der Waals surface area contributed by atoms with Gasteiger partial charge in [0.25, 0.3) is 11.8 Å². The summed E-state index contributed by atoms with van der Waals surface area (Å²) in [5, 5.41) is 14.0. The van der Waals surface area contributed by atoms with E-state index in [9.17, 15) is 9.59 Å². The molecule has 0 saturated carbocycles. The highest BCUT2D eigenvalue weighted by atomic mass is 16.2. The number of hydrogen-bond donors (Lipinski definition) is 4. The molecule has 0 unspecified atom stereocenters. The minimum atomic E-state index is -0.583. The van der Waals surface area contributed by atoms with Gasteiger partial charge in [0.2, 0.25) is 0 Å². The molecule has 0 aliphatic heterocycles. The maximum atomic E-state index is 12.8. The van der Waals surface area contributed by atoms with Crippen molar-refractivity contribution in [3.05, 3.63) is 83.8 Å². The summed E-state index contributed by atoms with van der Waals surface area (Å²) < 4.78 is 0. The maximum Gasteiger partial charge on any atom is 0.267 e. The molecular formula is C21H18N6O2. The lowest BCUT2D eigenvalue weighted by Gasteiger charge is -2.13. The molecule has 0 bridgehead atoms. The van der Waals surface area contributed by atoms with Crippen molar-refractivity contribution < 1.29 is 9.59 Å². The number of H-pyrrole nitrogens is 1. The zero-order valence-electron chi connectivity index (χ0n) is 15.3. The number of primary amides is 1. The van der Waals surface area contributed by atoms with Crippen molar-refractivity contribution in [1.82, 2.24) is 15.2 Å². The predicted octanol–water partition coefficient (Wildman–Crippen LogP) is 2.92. The topological polar surface area (TPSA) is 126 Å². The molecule has 4 rings (SSSR count). The van der Waals surface area contributed by atoms with Gasteiger partial charge in [0.05, 0.1) is 17.3 Å². The number of benzene rings is 2. The lowest BCUT2D eigenvalue weighted by molar-refractivity contribution is 0.0993. The summed E-state index contributed by atoms with van der Waals surface area (Å²) in [6.07, 6.45) is 3.25. The van der Waals surface area contributed by atoms with Gasteiger partial charge in [0.1, 0.15) is 5.69 Å². The molecular weight excluding hydrogens is 368 g/mol. The number of hydrogen-bond acceptors (Lipinski definition) is 5. The maximum absolute atomic E-state index is 12.8. The van der Waals surface area contributed by atoms with Crippen molar-refractivity contribution in [1.29, 1.82) is 0 Å². The van der Waals surface area contributed by atoms with Gasteiger partial charge in [0, 0.05) is 29.5 Å². The molecule has 8 nitrogen and oxygen atoms in total. The van der Waals surface area contributed by atoms with Gasteiger partial charge in [-0.2, -0.15) is 5.10 Å². The zero-order valence-corrected chi connectivity index (χ0v) is 15.3. The van der Waals surface area contributed by atoms with Crippen molar-refractivity contribution in [2.45, 2.75) is 6.54 Å². The van der Waals surface area contributed by atoms with E-state index in [0.29, 0.717) is 23.5 Å². The molecule has 144 valence electrons. The summed E-state index contributed by atoms with van der Waals surface area (Å²) in [6.45, 7) is 0.410. The molecule has 0 aliphatic carbocycles. The number of pyridine rings is 1. The van der Waals surface area contributed by atoms with Crippen LogP contribution in [-0.4, -0.2) is 27.0 Å². The minimum absolute atomic E-state index is 0.199. The van der Waals surface area contributed by atoms with E-state index in [1.165, 1.54) is 6.20 Å². The number of carbonyl (C=O) groups is 2. The number of carbonyl (C=O) groups excluding carboxylic acids is 2.